The maximum Gasteiger partial charge on any atom is 0.155 e. The summed E-state index contributed by atoms with van der Waals surface area (Å²) in [6.07, 6.45) is 8.83. The summed E-state index contributed by atoms with van der Waals surface area (Å²) < 4.78 is 0. The van der Waals surface area contributed by atoms with Crippen molar-refractivity contribution in [1.82, 2.24) is 0 Å². The summed E-state index contributed by atoms with van der Waals surface area (Å²) >= 11 is 0. The van der Waals surface area contributed by atoms with Crippen LogP contribution in [0.3, 0.4) is 0 Å². The van der Waals surface area contributed by atoms with Gasteiger partial charge in [0.1, 0.15) is 0 Å². The summed E-state index contributed by atoms with van der Waals surface area (Å²) in [5.74, 6) is 0. The van der Waals surface area contributed by atoms with Crippen LogP contribution in [-0.4, -0.2) is 5.66 Å². The van der Waals surface area contributed by atoms with Crippen LogP contribution in [0.2, 0.25) is 0 Å². The van der Waals surface area contributed by atoms with Crippen molar-refractivity contribution in [2.45, 2.75) is 5.66 Å². The van der Waals surface area contributed by atoms with Crippen LogP contribution in [0.1, 0.15) is 11.1 Å². The molecule has 2 aliphatic carbocycles. The van der Waals surface area contributed by atoms with Gasteiger partial charge in [-0.15, -0.1) is 0 Å². The van der Waals surface area contributed by atoms with Crippen molar-refractivity contribution in [1.29, 1.82) is 0 Å². The molecule has 2 N–H and O–H groups in total. The quantitative estimate of drug-likeness (QED) is 0.569. The lowest BCUT2D eigenvalue weighted by atomic mass is 9.87. The molecular weight excluding hydrogens is 328 g/mol. The minimum atomic E-state index is -0.522. The molecule has 27 heavy (non-hydrogen) atoms. The highest BCUT2D eigenvalue weighted by Gasteiger charge is 2.38. The van der Waals surface area contributed by atoms with Crippen molar-refractivity contribution >= 4 is 23.0 Å². The molecule has 2 aliphatic rings. The van der Waals surface area contributed by atoms with Crippen LogP contribution in [0, 0.1) is 0 Å². The number of hydrogen-bond donors (Lipinski definition) is 2. The summed E-state index contributed by atoms with van der Waals surface area (Å²) in [6.45, 7) is 0. The lowest BCUT2D eigenvalue weighted by Crippen LogP contribution is -2.46. The van der Waals surface area contributed by atoms with Gasteiger partial charge in [-0.2, -0.15) is 0 Å². The summed E-state index contributed by atoms with van der Waals surface area (Å²) in [7, 11) is 0. The van der Waals surface area contributed by atoms with E-state index < -0.39 is 5.66 Å². The molecule has 0 saturated heterocycles. The molecule has 0 atom stereocenters. The first-order valence-electron chi connectivity index (χ1n) is 9.22. The van der Waals surface area contributed by atoms with Gasteiger partial charge in [0, 0.05) is 16.9 Å². The molecule has 3 aromatic carbocycles. The lowest BCUT2D eigenvalue weighted by Gasteiger charge is -2.38. The second-order valence-corrected chi connectivity index (χ2v) is 6.87. The van der Waals surface area contributed by atoms with Crippen molar-refractivity contribution < 1.29 is 0 Å². The molecule has 0 radical (unpaired) electrons. The number of para-hydroxylation sites is 2. The number of hydrogen-bond acceptors (Lipinski definition) is 2. The summed E-state index contributed by atoms with van der Waals surface area (Å²) in [5, 5.41) is 7.48. The molecule has 2 heteroatoms. The average molecular weight is 348 g/mol. The van der Waals surface area contributed by atoms with Crippen molar-refractivity contribution in [2.75, 3.05) is 10.6 Å². The van der Waals surface area contributed by atoms with Crippen LogP contribution in [0.15, 0.2) is 109 Å². The molecule has 0 aromatic heterocycles. The molecule has 130 valence electrons. The highest BCUT2D eigenvalue weighted by molar-refractivity contribution is 5.99. The molecule has 0 saturated carbocycles. The van der Waals surface area contributed by atoms with Gasteiger partial charge in [-0.3, -0.25) is 0 Å². The first-order valence-corrected chi connectivity index (χ1v) is 9.22. The molecule has 3 aromatic rings. The predicted octanol–water partition coefficient (Wildman–Crippen LogP) is 5.96. The molecule has 0 spiro atoms. The van der Waals surface area contributed by atoms with Gasteiger partial charge in [-0.05, 0) is 53.1 Å². The van der Waals surface area contributed by atoms with E-state index in [0.717, 1.165) is 11.4 Å². The Bertz CT molecular complexity index is 1020. The van der Waals surface area contributed by atoms with Crippen molar-refractivity contribution in [2.24, 2.45) is 0 Å². The number of fused-ring (bicyclic) bond motifs is 3. The second-order valence-electron chi connectivity index (χ2n) is 6.87. The zero-order valence-electron chi connectivity index (χ0n) is 14.9. The van der Waals surface area contributed by atoms with Gasteiger partial charge >= 0.3 is 0 Å². The standard InChI is InChI=1S/C25H20N2/c1-3-11-20(12-4-1)26-25(27-21-13-5-2-6-14-21)17-9-16-23-22-15-8-7-10-19(22)18-24(23)25/h1-18,26-27H. The number of benzene rings is 3. The SMILES string of the molecule is C1=CC(Nc2ccccc2)(Nc2ccccc2)C2=Cc3ccccc3C2=C1. The van der Waals surface area contributed by atoms with E-state index in [1.54, 1.807) is 0 Å². The minimum absolute atomic E-state index is 0.522. The molecule has 0 unspecified atom stereocenters. The molecule has 5 rings (SSSR count). The van der Waals surface area contributed by atoms with Crippen molar-refractivity contribution in [3.8, 4) is 0 Å². The van der Waals surface area contributed by atoms with Crippen LogP contribution in [0.5, 0.6) is 0 Å². The zero-order chi connectivity index (χ0) is 18.1. The van der Waals surface area contributed by atoms with Crippen LogP contribution < -0.4 is 10.6 Å². The fourth-order valence-corrected chi connectivity index (χ4v) is 3.88. The molecule has 0 amide bonds. The van der Waals surface area contributed by atoms with Gasteiger partial charge in [-0.1, -0.05) is 72.8 Å². The third-order valence-electron chi connectivity index (χ3n) is 5.11. The van der Waals surface area contributed by atoms with E-state index in [0.29, 0.717) is 0 Å². The second kappa shape index (κ2) is 6.33. The molecule has 2 nitrogen and oxygen atoms in total. The maximum absolute atomic E-state index is 3.74. The first-order chi connectivity index (χ1) is 13.3. The van der Waals surface area contributed by atoms with Crippen molar-refractivity contribution in [3.05, 3.63) is 120 Å². The topological polar surface area (TPSA) is 24.1 Å². The monoisotopic (exact) mass is 348 g/mol. The van der Waals surface area contributed by atoms with E-state index in [9.17, 15) is 0 Å². The summed E-state index contributed by atoms with van der Waals surface area (Å²) in [6, 6.07) is 29.3. The first kappa shape index (κ1) is 15.7. The summed E-state index contributed by atoms with van der Waals surface area (Å²) in [5.41, 5.74) is 6.67. The van der Waals surface area contributed by atoms with Crippen LogP contribution in [0.25, 0.3) is 11.6 Å². The number of anilines is 2. The van der Waals surface area contributed by atoms with E-state index in [1.807, 2.05) is 12.1 Å². The lowest BCUT2D eigenvalue weighted by molar-refractivity contribution is 0.789. The number of rotatable bonds is 4. The highest BCUT2D eigenvalue weighted by Crippen LogP contribution is 2.45. The fourth-order valence-electron chi connectivity index (χ4n) is 3.88. The van der Waals surface area contributed by atoms with E-state index in [-0.39, 0.29) is 0 Å². The Kier molecular flexibility index (Phi) is 3.68. The normalized spacial score (nSPS) is 16.0. The van der Waals surface area contributed by atoms with Crippen LogP contribution >= 0.6 is 0 Å². The maximum atomic E-state index is 3.74. The van der Waals surface area contributed by atoms with E-state index in [4.69, 9.17) is 0 Å². The fraction of sp³-hybridized carbons (Fsp3) is 0.0400. The van der Waals surface area contributed by atoms with Gasteiger partial charge in [0.2, 0.25) is 0 Å². The van der Waals surface area contributed by atoms with Gasteiger partial charge in [0.25, 0.3) is 0 Å². The van der Waals surface area contributed by atoms with E-state index in [1.165, 1.54) is 22.3 Å². The Morgan fingerprint density at radius 1 is 0.630 bits per heavy atom. The highest BCUT2D eigenvalue weighted by atomic mass is 15.2. The molecule has 0 fully saturated rings. The Morgan fingerprint density at radius 3 is 1.89 bits per heavy atom. The van der Waals surface area contributed by atoms with Gasteiger partial charge in [-0.25, -0.2) is 0 Å². The predicted molar refractivity (Wildman–Crippen MR) is 114 cm³/mol. The average Bonchev–Trinajstić information content (AvgIpc) is 3.10. The number of nitrogens with one attached hydrogen (secondary N) is 2. The molecule has 0 aliphatic heterocycles. The third kappa shape index (κ3) is 2.76. The van der Waals surface area contributed by atoms with Crippen LogP contribution in [-0.2, 0) is 0 Å². The van der Waals surface area contributed by atoms with E-state index in [2.05, 4.69) is 108 Å². The van der Waals surface area contributed by atoms with Crippen molar-refractivity contribution in [3.63, 3.8) is 0 Å². The third-order valence-corrected chi connectivity index (χ3v) is 5.11. The minimum Gasteiger partial charge on any atom is -0.356 e. The van der Waals surface area contributed by atoms with Crippen LogP contribution in [0.4, 0.5) is 11.4 Å². The smallest absolute Gasteiger partial charge is 0.155 e. The van der Waals surface area contributed by atoms with Gasteiger partial charge < -0.3 is 10.6 Å². The Hall–Kier alpha value is -3.52. The zero-order valence-corrected chi connectivity index (χ0v) is 14.9. The van der Waals surface area contributed by atoms with E-state index >= 15 is 0 Å². The van der Waals surface area contributed by atoms with Gasteiger partial charge in [0.15, 0.2) is 5.66 Å². The molecule has 0 heterocycles. The molecule has 0 bridgehead atoms. The Labute approximate surface area is 159 Å². The largest absolute Gasteiger partial charge is 0.356 e. The molecular formula is C25H20N2. The summed E-state index contributed by atoms with van der Waals surface area (Å²) in [4.78, 5) is 0. The Balaban J connectivity index is 1.63. The van der Waals surface area contributed by atoms with Gasteiger partial charge in [0.05, 0.1) is 0 Å². The Morgan fingerprint density at radius 2 is 1.22 bits per heavy atom. The number of allylic oxidation sites excluding steroid dienone is 2.